The number of hydrogen-bond donors (Lipinski definition) is 0. The molecule has 0 spiro atoms. The zero-order chi connectivity index (χ0) is 14.9. The lowest BCUT2D eigenvalue weighted by atomic mass is 10.1. The highest BCUT2D eigenvalue weighted by Crippen LogP contribution is 2.42. The van der Waals surface area contributed by atoms with Crippen LogP contribution in [0.15, 0.2) is 35.5 Å². The van der Waals surface area contributed by atoms with Crippen LogP contribution in [0.4, 0.5) is 0 Å². The van der Waals surface area contributed by atoms with Crippen LogP contribution >= 0.6 is 0 Å². The fourth-order valence-electron chi connectivity index (χ4n) is 2.73. The molecule has 0 aromatic rings. The van der Waals surface area contributed by atoms with E-state index in [2.05, 4.69) is 12.7 Å². The number of Topliss-reactive ketones (excluding diaryl/α,β-unsaturated/α-hetero) is 1. The summed E-state index contributed by atoms with van der Waals surface area (Å²) in [6.45, 7) is 9.60. The molecule has 1 fully saturated rings. The first-order valence-electron chi connectivity index (χ1n) is 7.13. The van der Waals surface area contributed by atoms with Crippen LogP contribution in [0.5, 0.6) is 0 Å². The Bertz CT molecular complexity index is 506. The van der Waals surface area contributed by atoms with Gasteiger partial charge in [-0.2, -0.15) is 0 Å². The average Bonchev–Trinajstić information content (AvgIpc) is 3.07. The fourth-order valence-corrected chi connectivity index (χ4v) is 2.73. The van der Waals surface area contributed by atoms with Gasteiger partial charge in [0.05, 0.1) is 12.3 Å². The van der Waals surface area contributed by atoms with Gasteiger partial charge in [0.2, 0.25) is 0 Å². The molecule has 0 heterocycles. The highest BCUT2D eigenvalue weighted by atomic mass is 16.5. The maximum absolute atomic E-state index is 12.1. The quantitative estimate of drug-likeness (QED) is 0.570. The molecule has 2 aliphatic rings. The third-order valence-electron chi connectivity index (χ3n) is 3.96. The van der Waals surface area contributed by atoms with E-state index in [0.29, 0.717) is 18.8 Å². The van der Waals surface area contributed by atoms with Crippen LogP contribution in [0.25, 0.3) is 0 Å². The lowest BCUT2D eigenvalue weighted by Crippen LogP contribution is -2.19. The molecule has 0 saturated heterocycles. The molecule has 3 nitrogen and oxygen atoms in total. The zero-order valence-corrected chi connectivity index (χ0v) is 12.4. The molecule has 3 unspecified atom stereocenters. The largest absolute Gasteiger partial charge is 0.457 e. The molecule has 3 atom stereocenters. The van der Waals surface area contributed by atoms with Crippen molar-refractivity contribution in [2.45, 2.75) is 46.1 Å². The minimum Gasteiger partial charge on any atom is -0.457 e. The van der Waals surface area contributed by atoms with Crippen molar-refractivity contribution in [1.82, 2.24) is 0 Å². The van der Waals surface area contributed by atoms with Gasteiger partial charge in [-0.1, -0.05) is 17.7 Å². The highest BCUT2D eigenvalue weighted by Gasteiger charge is 2.44. The zero-order valence-electron chi connectivity index (χ0n) is 12.4. The van der Waals surface area contributed by atoms with E-state index < -0.39 is 0 Å². The highest BCUT2D eigenvalue weighted by molar-refractivity contribution is 6.00. The number of ketones is 1. The van der Waals surface area contributed by atoms with Crippen molar-refractivity contribution in [3.8, 4) is 0 Å². The summed E-state index contributed by atoms with van der Waals surface area (Å²) in [6.07, 6.45) is 5.19. The van der Waals surface area contributed by atoms with E-state index in [1.807, 2.05) is 20.8 Å². The van der Waals surface area contributed by atoms with Crippen LogP contribution in [0.1, 0.15) is 40.0 Å². The third-order valence-corrected chi connectivity index (χ3v) is 3.96. The van der Waals surface area contributed by atoms with Crippen LogP contribution < -0.4 is 0 Å². The van der Waals surface area contributed by atoms with Crippen LogP contribution in [-0.4, -0.2) is 17.9 Å². The Kier molecular flexibility index (Phi) is 4.26. The Labute approximate surface area is 120 Å². The summed E-state index contributed by atoms with van der Waals surface area (Å²) in [5, 5.41) is 0. The average molecular weight is 274 g/mol. The number of allylic oxidation sites excluding steroid dienone is 4. The first kappa shape index (κ1) is 14.8. The monoisotopic (exact) mass is 274 g/mol. The van der Waals surface area contributed by atoms with Gasteiger partial charge in [-0.05, 0) is 45.1 Å². The molecule has 0 radical (unpaired) electrons. The van der Waals surface area contributed by atoms with Gasteiger partial charge in [-0.3, -0.25) is 9.59 Å². The second-order valence-electron chi connectivity index (χ2n) is 5.96. The molecule has 0 amide bonds. The molecule has 0 aliphatic heterocycles. The van der Waals surface area contributed by atoms with E-state index in [0.717, 1.165) is 17.6 Å². The standard InChI is InChI=1S/C17H22O3/c1-5-6-13-11(4)16(9-15(13)18)20-17(19)14-8-12(14)7-10(2)3/h5,7,12,14,16H,1,6,8-9H2,2-4H3. The van der Waals surface area contributed by atoms with Crippen LogP contribution in [0, 0.1) is 11.8 Å². The summed E-state index contributed by atoms with van der Waals surface area (Å²) in [5.74, 6) is 0.221. The smallest absolute Gasteiger partial charge is 0.310 e. The normalized spacial score (nSPS) is 28.4. The predicted molar refractivity (Wildman–Crippen MR) is 78.0 cm³/mol. The Morgan fingerprint density at radius 2 is 2.15 bits per heavy atom. The maximum Gasteiger partial charge on any atom is 0.310 e. The number of carbonyl (C=O) groups excluding carboxylic acids is 2. The molecule has 3 heteroatoms. The van der Waals surface area contributed by atoms with Crippen molar-refractivity contribution < 1.29 is 14.3 Å². The number of rotatable bonds is 5. The van der Waals surface area contributed by atoms with Crippen molar-refractivity contribution in [3.05, 3.63) is 35.5 Å². The van der Waals surface area contributed by atoms with Crippen LogP contribution in [-0.2, 0) is 14.3 Å². The minimum absolute atomic E-state index is 0.0174. The maximum atomic E-state index is 12.1. The molecule has 1 saturated carbocycles. The molecular formula is C17H22O3. The molecular weight excluding hydrogens is 252 g/mol. The van der Waals surface area contributed by atoms with Gasteiger partial charge in [0, 0.05) is 5.57 Å². The summed E-state index contributed by atoms with van der Waals surface area (Å²) in [7, 11) is 0. The van der Waals surface area contributed by atoms with E-state index in [1.165, 1.54) is 5.57 Å². The Hall–Kier alpha value is -1.64. The molecule has 108 valence electrons. The number of ether oxygens (including phenoxy) is 1. The van der Waals surface area contributed by atoms with E-state index >= 15 is 0 Å². The second-order valence-corrected chi connectivity index (χ2v) is 5.96. The van der Waals surface area contributed by atoms with Crippen molar-refractivity contribution in [1.29, 1.82) is 0 Å². The summed E-state index contributed by atoms with van der Waals surface area (Å²) in [6, 6.07) is 0. The Morgan fingerprint density at radius 3 is 2.75 bits per heavy atom. The van der Waals surface area contributed by atoms with Crippen molar-refractivity contribution in [2.24, 2.45) is 11.8 Å². The Balaban J connectivity index is 1.95. The van der Waals surface area contributed by atoms with E-state index in [9.17, 15) is 9.59 Å². The molecule has 0 bridgehead atoms. The van der Waals surface area contributed by atoms with E-state index in [1.54, 1.807) is 6.08 Å². The van der Waals surface area contributed by atoms with Gasteiger partial charge in [0.25, 0.3) is 0 Å². The third kappa shape index (κ3) is 3.09. The first-order chi connectivity index (χ1) is 9.43. The molecule has 0 aromatic carbocycles. The SMILES string of the molecule is C=CCC1=C(C)C(OC(=O)C2CC2C=C(C)C)CC1=O. The number of carbonyl (C=O) groups is 2. The number of hydrogen-bond acceptors (Lipinski definition) is 3. The first-order valence-corrected chi connectivity index (χ1v) is 7.13. The van der Waals surface area contributed by atoms with Gasteiger partial charge in [0.15, 0.2) is 5.78 Å². The summed E-state index contributed by atoms with van der Waals surface area (Å²) < 4.78 is 5.53. The van der Waals surface area contributed by atoms with Crippen LogP contribution in [0.2, 0.25) is 0 Å². The summed E-state index contributed by atoms with van der Waals surface area (Å²) in [5.41, 5.74) is 2.88. The van der Waals surface area contributed by atoms with Gasteiger partial charge >= 0.3 is 5.97 Å². The van der Waals surface area contributed by atoms with E-state index in [4.69, 9.17) is 4.74 Å². The minimum atomic E-state index is -0.363. The van der Waals surface area contributed by atoms with Gasteiger partial charge in [0.1, 0.15) is 6.10 Å². The van der Waals surface area contributed by atoms with Gasteiger partial charge in [-0.25, -0.2) is 0 Å². The summed E-state index contributed by atoms with van der Waals surface area (Å²) in [4.78, 5) is 23.9. The molecule has 20 heavy (non-hydrogen) atoms. The van der Waals surface area contributed by atoms with Crippen molar-refractivity contribution in [3.63, 3.8) is 0 Å². The Morgan fingerprint density at radius 1 is 1.45 bits per heavy atom. The number of esters is 1. The fraction of sp³-hybridized carbons (Fsp3) is 0.529. The molecule has 2 aliphatic carbocycles. The topological polar surface area (TPSA) is 43.4 Å². The lowest BCUT2D eigenvalue weighted by Gasteiger charge is -2.13. The van der Waals surface area contributed by atoms with Gasteiger partial charge in [-0.15, -0.1) is 6.58 Å². The van der Waals surface area contributed by atoms with Crippen molar-refractivity contribution >= 4 is 11.8 Å². The van der Waals surface area contributed by atoms with Crippen LogP contribution in [0.3, 0.4) is 0 Å². The van der Waals surface area contributed by atoms with E-state index in [-0.39, 0.29) is 23.8 Å². The van der Waals surface area contributed by atoms with Gasteiger partial charge < -0.3 is 4.74 Å². The second kappa shape index (κ2) is 5.78. The molecule has 2 rings (SSSR count). The molecule has 0 N–H and O–H groups in total. The van der Waals surface area contributed by atoms with Crippen molar-refractivity contribution in [2.75, 3.05) is 0 Å². The summed E-state index contributed by atoms with van der Waals surface area (Å²) >= 11 is 0. The predicted octanol–water partition coefficient (Wildman–Crippen LogP) is 3.37. The lowest BCUT2D eigenvalue weighted by molar-refractivity contribution is -0.149. The molecule has 0 aromatic heterocycles.